The molecule has 0 aromatic heterocycles. The summed E-state index contributed by atoms with van der Waals surface area (Å²) in [6.07, 6.45) is 0.555. The molecule has 0 atom stereocenters. The minimum Gasteiger partial charge on any atom is -0.508 e. The maximum absolute atomic E-state index is 12.2. The molecule has 20 heavy (non-hydrogen) atoms. The van der Waals surface area contributed by atoms with E-state index in [-0.39, 0.29) is 24.6 Å². The van der Waals surface area contributed by atoms with Crippen molar-refractivity contribution >= 4 is 11.9 Å². The molecule has 0 radical (unpaired) electrons. The summed E-state index contributed by atoms with van der Waals surface area (Å²) < 4.78 is 0. The van der Waals surface area contributed by atoms with Crippen LogP contribution in [0.5, 0.6) is 5.75 Å². The van der Waals surface area contributed by atoms with E-state index in [1.54, 1.807) is 45.0 Å². The number of rotatable bonds is 5. The predicted molar refractivity (Wildman–Crippen MR) is 75.5 cm³/mol. The zero-order chi connectivity index (χ0) is 15.3. The van der Waals surface area contributed by atoms with Gasteiger partial charge in [0, 0.05) is 12.0 Å². The Morgan fingerprint density at radius 2 is 1.80 bits per heavy atom. The number of phenols is 1. The van der Waals surface area contributed by atoms with Crippen molar-refractivity contribution < 1.29 is 19.8 Å². The Morgan fingerprint density at radius 3 is 2.30 bits per heavy atom. The number of aromatic hydroxyl groups is 1. The number of amides is 1. The molecule has 5 nitrogen and oxygen atoms in total. The summed E-state index contributed by atoms with van der Waals surface area (Å²) in [5, 5.41) is 18.5. The summed E-state index contributed by atoms with van der Waals surface area (Å²) in [5.41, 5.74) is 0.138. The minimum absolute atomic E-state index is 0.154. The zero-order valence-electron chi connectivity index (χ0n) is 12.1. The first-order valence-corrected chi connectivity index (χ1v) is 6.51. The molecule has 0 aliphatic rings. The van der Waals surface area contributed by atoms with Gasteiger partial charge in [0.25, 0.3) is 0 Å². The van der Waals surface area contributed by atoms with Crippen LogP contribution in [0.15, 0.2) is 24.3 Å². The van der Waals surface area contributed by atoms with Crippen LogP contribution in [0.3, 0.4) is 0 Å². The summed E-state index contributed by atoms with van der Waals surface area (Å²) >= 11 is 0. The van der Waals surface area contributed by atoms with E-state index >= 15 is 0 Å². The molecule has 0 bridgehead atoms. The van der Waals surface area contributed by atoms with Crippen molar-refractivity contribution in [3.05, 3.63) is 29.8 Å². The number of phenolic OH excluding ortho intramolecular Hbond substituents is 1. The highest BCUT2D eigenvalue weighted by atomic mass is 16.4. The topological polar surface area (TPSA) is 77.8 Å². The van der Waals surface area contributed by atoms with E-state index in [4.69, 9.17) is 5.11 Å². The number of carboxylic acids is 1. The van der Waals surface area contributed by atoms with Gasteiger partial charge < -0.3 is 15.1 Å². The Kier molecular flexibility index (Phi) is 5.13. The monoisotopic (exact) mass is 279 g/mol. The third-order valence-electron chi connectivity index (χ3n) is 3.00. The number of hydrogen-bond donors (Lipinski definition) is 2. The lowest BCUT2D eigenvalue weighted by atomic mass is 10.0. The molecule has 2 N–H and O–H groups in total. The van der Waals surface area contributed by atoms with Crippen LogP contribution in [0.2, 0.25) is 0 Å². The average molecular weight is 279 g/mol. The van der Waals surface area contributed by atoms with Gasteiger partial charge in [-0.3, -0.25) is 9.59 Å². The van der Waals surface area contributed by atoms with Gasteiger partial charge in [0.05, 0.1) is 0 Å². The van der Waals surface area contributed by atoms with Crippen molar-refractivity contribution in [1.29, 1.82) is 0 Å². The van der Waals surface area contributed by atoms with Gasteiger partial charge >= 0.3 is 5.97 Å². The molecule has 1 rings (SSSR count). The van der Waals surface area contributed by atoms with Gasteiger partial charge in [-0.25, -0.2) is 0 Å². The average Bonchev–Trinajstić information content (AvgIpc) is 2.33. The highest BCUT2D eigenvalue weighted by Gasteiger charge is 2.27. The Morgan fingerprint density at radius 1 is 1.20 bits per heavy atom. The molecular formula is C15H21NO4. The lowest BCUT2D eigenvalue weighted by molar-refractivity contribution is -0.148. The van der Waals surface area contributed by atoms with Crippen LogP contribution in [0, 0.1) is 0 Å². The van der Waals surface area contributed by atoms with E-state index in [2.05, 4.69) is 0 Å². The van der Waals surface area contributed by atoms with Crippen LogP contribution in [-0.2, 0) is 16.0 Å². The second kappa shape index (κ2) is 6.41. The van der Waals surface area contributed by atoms with E-state index in [0.717, 1.165) is 0 Å². The number of benzene rings is 1. The third kappa shape index (κ3) is 4.57. The number of para-hydroxylation sites is 1. The fraction of sp³-hybridized carbons (Fsp3) is 0.467. The third-order valence-corrected chi connectivity index (χ3v) is 3.00. The molecule has 0 saturated heterocycles. The maximum Gasteiger partial charge on any atom is 0.323 e. The zero-order valence-corrected chi connectivity index (χ0v) is 12.1. The quantitative estimate of drug-likeness (QED) is 0.864. The molecule has 0 heterocycles. The SMILES string of the molecule is CC(C)(C)N(CC(=O)O)C(=O)CCc1ccccc1O. The van der Waals surface area contributed by atoms with Crippen molar-refractivity contribution in [2.75, 3.05) is 6.54 Å². The minimum atomic E-state index is -1.03. The van der Waals surface area contributed by atoms with Gasteiger partial charge in [-0.05, 0) is 38.8 Å². The van der Waals surface area contributed by atoms with Gasteiger partial charge in [0.1, 0.15) is 12.3 Å². The van der Waals surface area contributed by atoms with Crippen LogP contribution in [0.25, 0.3) is 0 Å². The van der Waals surface area contributed by atoms with Gasteiger partial charge in [0.2, 0.25) is 5.91 Å². The Hall–Kier alpha value is -2.04. The first-order valence-electron chi connectivity index (χ1n) is 6.51. The molecule has 0 fully saturated rings. The Bertz CT molecular complexity index is 491. The number of carboxylic acid groups (broad SMARTS) is 1. The normalized spacial score (nSPS) is 11.2. The molecule has 1 aromatic rings. The molecule has 110 valence electrons. The molecule has 0 unspecified atom stereocenters. The van der Waals surface area contributed by atoms with Crippen molar-refractivity contribution in [2.45, 2.75) is 39.2 Å². The second-order valence-corrected chi connectivity index (χ2v) is 5.67. The van der Waals surface area contributed by atoms with Crippen LogP contribution < -0.4 is 0 Å². The molecule has 0 saturated carbocycles. The fourth-order valence-electron chi connectivity index (χ4n) is 1.93. The first-order chi connectivity index (χ1) is 9.21. The molecule has 0 aliphatic heterocycles. The lowest BCUT2D eigenvalue weighted by Gasteiger charge is -2.34. The number of carbonyl (C=O) groups is 2. The summed E-state index contributed by atoms with van der Waals surface area (Å²) in [4.78, 5) is 24.4. The maximum atomic E-state index is 12.2. The van der Waals surface area contributed by atoms with Crippen LogP contribution in [0.1, 0.15) is 32.8 Å². The van der Waals surface area contributed by atoms with Gasteiger partial charge in [-0.15, -0.1) is 0 Å². The summed E-state index contributed by atoms with van der Waals surface area (Å²) in [7, 11) is 0. The molecule has 0 spiro atoms. The predicted octanol–water partition coefficient (Wildman–Crippen LogP) is 2.04. The first kappa shape index (κ1) is 16.0. The number of aliphatic carboxylic acids is 1. The van der Waals surface area contributed by atoms with E-state index < -0.39 is 11.5 Å². The molecular weight excluding hydrogens is 258 g/mol. The van der Waals surface area contributed by atoms with Crippen LogP contribution >= 0.6 is 0 Å². The van der Waals surface area contributed by atoms with E-state index in [1.807, 2.05) is 0 Å². The highest BCUT2D eigenvalue weighted by Crippen LogP contribution is 2.20. The fourth-order valence-corrected chi connectivity index (χ4v) is 1.93. The highest BCUT2D eigenvalue weighted by molar-refractivity contribution is 5.82. The standard InChI is InChI=1S/C15H21NO4/c1-15(2,3)16(10-14(19)20)13(18)9-8-11-6-4-5-7-12(11)17/h4-7,17H,8-10H2,1-3H3,(H,19,20). The van der Waals surface area contributed by atoms with E-state index in [0.29, 0.717) is 12.0 Å². The van der Waals surface area contributed by atoms with Crippen molar-refractivity contribution in [3.63, 3.8) is 0 Å². The number of carbonyl (C=O) groups excluding carboxylic acids is 1. The van der Waals surface area contributed by atoms with Crippen molar-refractivity contribution in [2.24, 2.45) is 0 Å². The second-order valence-electron chi connectivity index (χ2n) is 5.67. The number of hydrogen-bond acceptors (Lipinski definition) is 3. The largest absolute Gasteiger partial charge is 0.508 e. The van der Waals surface area contributed by atoms with E-state index in [1.165, 1.54) is 4.90 Å². The lowest BCUT2D eigenvalue weighted by Crippen LogP contribution is -2.48. The van der Waals surface area contributed by atoms with Gasteiger partial charge in [-0.1, -0.05) is 18.2 Å². The van der Waals surface area contributed by atoms with Crippen molar-refractivity contribution in [1.82, 2.24) is 4.90 Å². The van der Waals surface area contributed by atoms with Gasteiger partial charge in [-0.2, -0.15) is 0 Å². The molecule has 1 aromatic carbocycles. The Balaban J connectivity index is 2.72. The molecule has 5 heteroatoms. The summed E-state index contributed by atoms with van der Waals surface area (Å²) in [5.74, 6) is -1.11. The number of aryl methyl sites for hydroxylation is 1. The van der Waals surface area contributed by atoms with Crippen molar-refractivity contribution in [3.8, 4) is 5.75 Å². The summed E-state index contributed by atoms with van der Waals surface area (Å²) in [6, 6.07) is 6.82. The number of nitrogens with zero attached hydrogens (tertiary/aromatic N) is 1. The molecule has 0 aliphatic carbocycles. The smallest absolute Gasteiger partial charge is 0.323 e. The van der Waals surface area contributed by atoms with Crippen LogP contribution in [-0.4, -0.2) is 39.1 Å². The summed E-state index contributed by atoms with van der Waals surface area (Å²) in [6.45, 7) is 5.08. The van der Waals surface area contributed by atoms with Gasteiger partial charge in [0.15, 0.2) is 0 Å². The van der Waals surface area contributed by atoms with Crippen LogP contribution in [0.4, 0.5) is 0 Å². The van der Waals surface area contributed by atoms with E-state index in [9.17, 15) is 14.7 Å². The molecule has 1 amide bonds. The Labute approximate surface area is 118 Å².